The largest absolute Gasteiger partial charge is 0.395 e. The number of benzene rings is 1. The van der Waals surface area contributed by atoms with Gasteiger partial charge in [-0.25, -0.2) is 8.78 Å². The lowest BCUT2D eigenvalue weighted by Gasteiger charge is -2.28. The van der Waals surface area contributed by atoms with Crippen molar-refractivity contribution in [2.45, 2.75) is 38.1 Å². The van der Waals surface area contributed by atoms with E-state index >= 15 is 0 Å². The zero-order chi connectivity index (χ0) is 15.2. The van der Waals surface area contributed by atoms with E-state index in [1.807, 2.05) is 0 Å². The van der Waals surface area contributed by atoms with Crippen LogP contribution in [0.2, 0.25) is 0 Å². The first-order valence-electron chi connectivity index (χ1n) is 7.45. The number of carbonyl (C=O) groups is 1. The minimum Gasteiger partial charge on any atom is -0.395 e. The van der Waals surface area contributed by atoms with Gasteiger partial charge in [-0.15, -0.1) is 0 Å². The van der Waals surface area contributed by atoms with Gasteiger partial charge in [-0.1, -0.05) is 18.9 Å². The molecule has 1 aliphatic rings. The van der Waals surface area contributed by atoms with Gasteiger partial charge in [0.1, 0.15) is 0 Å². The fraction of sp³-hybridized carbons (Fsp3) is 0.562. The van der Waals surface area contributed by atoms with Crippen LogP contribution in [-0.4, -0.2) is 41.5 Å². The monoisotopic (exact) mass is 297 g/mol. The van der Waals surface area contributed by atoms with Crippen LogP contribution in [0.4, 0.5) is 8.78 Å². The van der Waals surface area contributed by atoms with Gasteiger partial charge in [0.15, 0.2) is 17.4 Å². The molecule has 0 amide bonds. The predicted molar refractivity (Wildman–Crippen MR) is 76.2 cm³/mol. The molecule has 2 rings (SSSR count). The fourth-order valence-electron chi connectivity index (χ4n) is 2.84. The van der Waals surface area contributed by atoms with E-state index in [2.05, 4.69) is 4.90 Å². The zero-order valence-electron chi connectivity index (χ0n) is 12.0. The molecule has 5 heteroatoms. The maximum absolute atomic E-state index is 13.6. The van der Waals surface area contributed by atoms with E-state index in [4.69, 9.17) is 0 Å². The van der Waals surface area contributed by atoms with Crippen LogP contribution in [0.5, 0.6) is 0 Å². The van der Waals surface area contributed by atoms with Crippen molar-refractivity contribution < 1.29 is 18.7 Å². The number of likely N-dealkylation sites (tertiary alicyclic amines) is 1. The van der Waals surface area contributed by atoms with E-state index < -0.39 is 17.4 Å². The molecule has 0 aliphatic carbocycles. The Morgan fingerprint density at radius 2 is 2.10 bits per heavy atom. The average molecular weight is 297 g/mol. The van der Waals surface area contributed by atoms with Gasteiger partial charge >= 0.3 is 0 Å². The number of carbonyl (C=O) groups excluding carboxylic acids is 1. The van der Waals surface area contributed by atoms with Crippen LogP contribution in [0, 0.1) is 11.6 Å². The van der Waals surface area contributed by atoms with Crippen LogP contribution >= 0.6 is 0 Å². The van der Waals surface area contributed by atoms with Crippen molar-refractivity contribution in [2.24, 2.45) is 0 Å². The Morgan fingerprint density at radius 1 is 1.29 bits per heavy atom. The third kappa shape index (κ3) is 4.08. The third-order valence-corrected chi connectivity index (χ3v) is 4.09. The number of hydrogen-bond donors (Lipinski definition) is 1. The van der Waals surface area contributed by atoms with Gasteiger partial charge in [0, 0.05) is 19.0 Å². The summed E-state index contributed by atoms with van der Waals surface area (Å²) in [6.45, 7) is 1.38. The number of nitrogens with zero attached hydrogens (tertiary/aromatic N) is 1. The normalized spacial score (nSPS) is 20.2. The molecule has 1 aliphatic heterocycles. The molecule has 1 unspecified atom stereocenters. The Balaban J connectivity index is 1.97. The Morgan fingerprint density at radius 3 is 2.86 bits per heavy atom. The molecule has 1 aromatic carbocycles. The van der Waals surface area contributed by atoms with Crippen molar-refractivity contribution in [3.8, 4) is 0 Å². The lowest BCUT2D eigenvalue weighted by molar-refractivity contribution is 0.0905. The molecule has 0 saturated carbocycles. The maximum atomic E-state index is 13.6. The standard InChI is InChI=1S/C16H21F2NO2/c17-14-7-4-6-13(16(14)18)15(21)8-10-19-9-3-1-2-5-12(19)11-20/h4,6-7,12,20H,1-3,5,8-11H2. The van der Waals surface area contributed by atoms with Crippen LogP contribution in [0.25, 0.3) is 0 Å². The highest BCUT2D eigenvalue weighted by Gasteiger charge is 2.22. The molecule has 1 heterocycles. The first-order valence-corrected chi connectivity index (χ1v) is 7.45. The van der Waals surface area contributed by atoms with E-state index in [0.717, 1.165) is 38.3 Å². The Bertz CT molecular complexity index is 493. The highest BCUT2D eigenvalue weighted by molar-refractivity contribution is 5.96. The number of hydrogen-bond acceptors (Lipinski definition) is 3. The fourth-order valence-corrected chi connectivity index (χ4v) is 2.84. The Hall–Kier alpha value is -1.33. The summed E-state index contributed by atoms with van der Waals surface area (Å²) in [6, 6.07) is 3.72. The molecule has 1 fully saturated rings. The van der Waals surface area contributed by atoms with Crippen molar-refractivity contribution in [1.29, 1.82) is 0 Å². The van der Waals surface area contributed by atoms with Crippen molar-refractivity contribution in [3.05, 3.63) is 35.4 Å². The molecule has 3 nitrogen and oxygen atoms in total. The summed E-state index contributed by atoms with van der Waals surface area (Å²) in [5.74, 6) is -2.46. The Labute approximate surface area is 123 Å². The first kappa shape index (κ1) is 16.0. The number of Topliss-reactive ketones (excluding diaryl/α,β-unsaturated/α-hetero) is 1. The highest BCUT2D eigenvalue weighted by atomic mass is 19.2. The quantitative estimate of drug-likeness (QED) is 0.850. The van der Waals surface area contributed by atoms with Gasteiger partial charge in [0.25, 0.3) is 0 Å². The molecule has 0 aromatic heterocycles. The predicted octanol–water partition coefficient (Wildman–Crippen LogP) is 2.77. The van der Waals surface area contributed by atoms with E-state index in [1.165, 1.54) is 12.1 Å². The second-order valence-electron chi connectivity index (χ2n) is 5.50. The zero-order valence-corrected chi connectivity index (χ0v) is 12.0. The average Bonchev–Trinajstić information content (AvgIpc) is 2.72. The molecule has 1 N–H and O–H groups in total. The number of aliphatic hydroxyl groups excluding tert-OH is 1. The highest BCUT2D eigenvalue weighted by Crippen LogP contribution is 2.18. The van der Waals surface area contributed by atoms with Gasteiger partial charge in [-0.05, 0) is 31.5 Å². The molecule has 1 aromatic rings. The molecule has 116 valence electrons. The van der Waals surface area contributed by atoms with Crippen LogP contribution in [-0.2, 0) is 0 Å². The summed E-state index contributed by atoms with van der Waals surface area (Å²) < 4.78 is 26.7. The number of ketones is 1. The van der Waals surface area contributed by atoms with Crippen molar-refractivity contribution in [1.82, 2.24) is 4.90 Å². The number of aliphatic hydroxyl groups is 1. The molecule has 1 atom stereocenters. The lowest BCUT2D eigenvalue weighted by Crippen LogP contribution is -2.38. The van der Waals surface area contributed by atoms with Crippen LogP contribution in [0.3, 0.4) is 0 Å². The molecular weight excluding hydrogens is 276 g/mol. The molecule has 21 heavy (non-hydrogen) atoms. The van der Waals surface area contributed by atoms with E-state index in [9.17, 15) is 18.7 Å². The maximum Gasteiger partial charge on any atom is 0.169 e. The molecular formula is C16H21F2NO2. The van der Waals surface area contributed by atoms with Gasteiger partial charge < -0.3 is 5.11 Å². The van der Waals surface area contributed by atoms with Crippen LogP contribution in [0.1, 0.15) is 42.5 Å². The van der Waals surface area contributed by atoms with Gasteiger partial charge in [-0.2, -0.15) is 0 Å². The lowest BCUT2D eigenvalue weighted by atomic mass is 10.1. The minimum absolute atomic E-state index is 0.0673. The summed E-state index contributed by atoms with van der Waals surface area (Å²) >= 11 is 0. The number of halogens is 2. The second-order valence-corrected chi connectivity index (χ2v) is 5.50. The summed E-state index contributed by atoms with van der Waals surface area (Å²) in [5.41, 5.74) is -0.189. The summed E-state index contributed by atoms with van der Waals surface area (Å²) in [4.78, 5) is 14.1. The first-order chi connectivity index (χ1) is 10.1. The summed E-state index contributed by atoms with van der Waals surface area (Å²) in [7, 11) is 0. The van der Waals surface area contributed by atoms with Crippen molar-refractivity contribution >= 4 is 5.78 Å². The van der Waals surface area contributed by atoms with E-state index in [-0.39, 0.29) is 24.6 Å². The second kappa shape index (κ2) is 7.61. The third-order valence-electron chi connectivity index (χ3n) is 4.09. The van der Waals surface area contributed by atoms with Gasteiger partial charge in [0.2, 0.25) is 0 Å². The van der Waals surface area contributed by atoms with Crippen LogP contribution < -0.4 is 0 Å². The summed E-state index contributed by atoms with van der Waals surface area (Å²) in [6.07, 6.45) is 4.29. The Kier molecular flexibility index (Phi) is 5.82. The molecule has 0 bridgehead atoms. The SMILES string of the molecule is O=C(CCN1CCCCCC1CO)c1cccc(F)c1F. The van der Waals surface area contributed by atoms with Crippen LogP contribution in [0.15, 0.2) is 18.2 Å². The molecule has 0 spiro atoms. The molecule has 1 saturated heterocycles. The van der Waals surface area contributed by atoms with E-state index in [0.29, 0.717) is 6.54 Å². The van der Waals surface area contributed by atoms with E-state index in [1.54, 1.807) is 0 Å². The van der Waals surface area contributed by atoms with Gasteiger partial charge in [-0.3, -0.25) is 9.69 Å². The van der Waals surface area contributed by atoms with Gasteiger partial charge in [0.05, 0.1) is 12.2 Å². The minimum atomic E-state index is -1.07. The van der Waals surface area contributed by atoms with Crippen molar-refractivity contribution in [3.63, 3.8) is 0 Å². The molecule has 0 radical (unpaired) electrons. The smallest absolute Gasteiger partial charge is 0.169 e. The topological polar surface area (TPSA) is 40.5 Å². The van der Waals surface area contributed by atoms with Crippen molar-refractivity contribution in [2.75, 3.05) is 19.7 Å². The number of rotatable bonds is 5. The summed E-state index contributed by atoms with van der Waals surface area (Å²) in [5, 5.41) is 9.41.